The molecule has 2 nitrogen and oxygen atoms in total. The van der Waals surface area contributed by atoms with E-state index in [9.17, 15) is 9.18 Å². The molecule has 0 saturated carbocycles. The molecule has 0 aliphatic rings. The minimum atomic E-state index is -0.683. The van der Waals surface area contributed by atoms with Crippen LogP contribution < -0.4 is 0 Å². The molecular formula is C9H7ClFIO2. The van der Waals surface area contributed by atoms with E-state index in [1.54, 1.807) is 6.92 Å². The second-order valence-corrected chi connectivity index (χ2v) is 3.92. The smallest absolute Gasteiger partial charge is 0.342 e. The molecule has 0 N–H and O–H groups in total. The molecule has 0 atom stereocenters. The molecule has 0 radical (unpaired) electrons. The second kappa shape index (κ2) is 4.93. The van der Waals surface area contributed by atoms with Gasteiger partial charge in [0.25, 0.3) is 0 Å². The summed E-state index contributed by atoms with van der Waals surface area (Å²) in [4.78, 5) is 11.3. The first-order valence-corrected chi connectivity index (χ1v) is 5.34. The van der Waals surface area contributed by atoms with Crippen LogP contribution in [-0.2, 0) is 4.74 Å². The fourth-order valence-corrected chi connectivity index (χ4v) is 1.73. The van der Waals surface area contributed by atoms with Gasteiger partial charge in [0.2, 0.25) is 0 Å². The first-order chi connectivity index (χ1) is 6.57. The molecule has 0 spiro atoms. The van der Waals surface area contributed by atoms with Crippen molar-refractivity contribution >= 4 is 40.2 Å². The Morgan fingerprint density at radius 2 is 2.29 bits per heavy atom. The van der Waals surface area contributed by atoms with Gasteiger partial charge in [0, 0.05) is 3.57 Å². The largest absolute Gasteiger partial charge is 0.462 e. The van der Waals surface area contributed by atoms with E-state index in [-0.39, 0.29) is 12.2 Å². The summed E-state index contributed by atoms with van der Waals surface area (Å²) in [6.07, 6.45) is 0. The van der Waals surface area contributed by atoms with Crippen molar-refractivity contribution in [1.82, 2.24) is 0 Å². The van der Waals surface area contributed by atoms with E-state index in [0.717, 1.165) is 6.07 Å². The molecule has 0 aliphatic heterocycles. The summed E-state index contributed by atoms with van der Waals surface area (Å²) in [6.45, 7) is 1.87. The molecule has 1 rings (SSSR count). The standard InChI is InChI=1S/C9H7ClFIO2/c1-2-14-9(13)7-6(11)4-3-5(10)8(7)12/h3-4H,2H2,1H3. The van der Waals surface area contributed by atoms with E-state index in [2.05, 4.69) is 0 Å². The monoisotopic (exact) mass is 328 g/mol. The van der Waals surface area contributed by atoms with Crippen molar-refractivity contribution in [3.05, 3.63) is 32.1 Å². The maximum Gasteiger partial charge on any atom is 0.342 e. The summed E-state index contributed by atoms with van der Waals surface area (Å²) in [5.74, 6) is -1.30. The molecule has 0 unspecified atom stereocenters. The zero-order valence-corrected chi connectivity index (χ0v) is 10.2. The Balaban J connectivity index is 3.18. The lowest BCUT2D eigenvalue weighted by atomic mass is 10.2. The van der Waals surface area contributed by atoms with Crippen molar-refractivity contribution < 1.29 is 13.9 Å². The summed E-state index contributed by atoms with van der Waals surface area (Å²) >= 11 is 7.56. The molecule has 0 heterocycles. The topological polar surface area (TPSA) is 26.3 Å². The van der Waals surface area contributed by atoms with Crippen molar-refractivity contribution in [1.29, 1.82) is 0 Å². The Kier molecular flexibility index (Phi) is 4.12. The molecule has 0 aliphatic carbocycles. The van der Waals surface area contributed by atoms with Gasteiger partial charge in [-0.05, 0) is 41.6 Å². The van der Waals surface area contributed by atoms with Crippen LogP contribution in [0.4, 0.5) is 4.39 Å². The van der Waals surface area contributed by atoms with Crippen molar-refractivity contribution in [2.24, 2.45) is 0 Å². The number of carbonyl (C=O) groups excluding carboxylic acids is 1. The number of hydrogen-bond donors (Lipinski definition) is 0. The van der Waals surface area contributed by atoms with Gasteiger partial charge in [-0.1, -0.05) is 11.6 Å². The number of rotatable bonds is 2. The number of benzene rings is 1. The average molecular weight is 329 g/mol. The Hall–Kier alpha value is -0.360. The van der Waals surface area contributed by atoms with Gasteiger partial charge in [0.15, 0.2) is 0 Å². The molecule has 0 amide bonds. The van der Waals surface area contributed by atoms with Crippen LogP contribution in [0.1, 0.15) is 17.3 Å². The van der Waals surface area contributed by atoms with E-state index < -0.39 is 11.8 Å². The third kappa shape index (κ3) is 2.36. The van der Waals surface area contributed by atoms with Crippen LogP contribution in [-0.4, -0.2) is 12.6 Å². The van der Waals surface area contributed by atoms with Crippen molar-refractivity contribution in [3.63, 3.8) is 0 Å². The van der Waals surface area contributed by atoms with Crippen LogP contribution >= 0.6 is 34.2 Å². The van der Waals surface area contributed by atoms with E-state index in [4.69, 9.17) is 16.3 Å². The van der Waals surface area contributed by atoms with Crippen LogP contribution in [0.2, 0.25) is 5.02 Å². The highest BCUT2D eigenvalue weighted by Gasteiger charge is 2.18. The lowest BCUT2D eigenvalue weighted by Gasteiger charge is -2.06. The number of ether oxygens (including phenoxy) is 1. The maximum atomic E-state index is 13.2. The average Bonchev–Trinajstić information content (AvgIpc) is 2.13. The number of esters is 1. The third-order valence-corrected chi connectivity index (χ3v) is 3.28. The number of halogens is 3. The molecule has 14 heavy (non-hydrogen) atoms. The summed E-state index contributed by atoms with van der Waals surface area (Å²) < 4.78 is 18.3. The summed E-state index contributed by atoms with van der Waals surface area (Å²) in [5.41, 5.74) is -0.0973. The molecule has 0 fully saturated rings. The second-order valence-electron chi connectivity index (χ2n) is 2.44. The van der Waals surface area contributed by atoms with Gasteiger partial charge in [-0.2, -0.15) is 0 Å². The minimum Gasteiger partial charge on any atom is -0.462 e. The predicted octanol–water partition coefficient (Wildman–Crippen LogP) is 3.26. The van der Waals surface area contributed by atoms with Crippen LogP contribution in [0.15, 0.2) is 12.1 Å². The van der Waals surface area contributed by atoms with Gasteiger partial charge in [0.05, 0.1) is 11.6 Å². The molecule has 0 bridgehead atoms. The Morgan fingerprint density at radius 3 is 2.86 bits per heavy atom. The Labute approximate surface area is 99.5 Å². The van der Waals surface area contributed by atoms with E-state index >= 15 is 0 Å². The van der Waals surface area contributed by atoms with Crippen molar-refractivity contribution in [3.8, 4) is 0 Å². The predicted molar refractivity (Wildman–Crippen MR) is 60.1 cm³/mol. The normalized spacial score (nSPS) is 10.0. The summed E-state index contributed by atoms with van der Waals surface area (Å²) in [7, 11) is 0. The highest BCUT2D eigenvalue weighted by atomic mass is 127. The van der Waals surface area contributed by atoms with Gasteiger partial charge in [-0.3, -0.25) is 0 Å². The minimum absolute atomic E-state index is 0.0973. The fourth-order valence-electron chi connectivity index (χ4n) is 0.917. The molecule has 0 saturated heterocycles. The zero-order chi connectivity index (χ0) is 10.7. The lowest BCUT2D eigenvalue weighted by molar-refractivity contribution is 0.0519. The molecule has 5 heteroatoms. The van der Waals surface area contributed by atoms with Gasteiger partial charge in [-0.15, -0.1) is 0 Å². The first-order valence-electron chi connectivity index (χ1n) is 3.88. The van der Waals surface area contributed by atoms with E-state index in [0.29, 0.717) is 8.59 Å². The Morgan fingerprint density at radius 1 is 1.64 bits per heavy atom. The highest BCUT2D eigenvalue weighted by Crippen LogP contribution is 2.25. The molecule has 1 aromatic carbocycles. The molecule has 0 aromatic heterocycles. The quantitative estimate of drug-likeness (QED) is 0.473. The molecular weight excluding hydrogens is 321 g/mol. The van der Waals surface area contributed by atoms with E-state index in [1.165, 1.54) is 6.07 Å². The maximum absolute atomic E-state index is 13.2. The highest BCUT2D eigenvalue weighted by molar-refractivity contribution is 14.1. The van der Waals surface area contributed by atoms with Gasteiger partial charge >= 0.3 is 5.97 Å². The van der Waals surface area contributed by atoms with Gasteiger partial charge in [0.1, 0.15) is 11.4 Å². The van der Waals surface area contributed by atoms with E-state index in [1.807, 2.05) is 22.6 Å². The third-order valence-electron chi connectivity index (χ3n) is 1.52. The van der Waals surface area contributed by atoms with Gasteiger partial charge < -0.3 is 4.74 Å². The Bertz CT molecular complexity index is 368. The van der Waals surface area contributed by atoms with Crippen LogP contribution in [0.5, 0.6) is 0 Å². The number of hydrogen-bond acceptors (Lipinski definition) is 2. The van der Waals surface area contributed by atoms with Crippen LogP contribution in [0.3, 0.4) is 0 Å². The first kappa shape index (κ1) is 11.7. The van der Waals surface area contributed by atoms with Crippen molar-refractivity contribution in [2.75, 3.05) is 6.61 Å². The van der Waals surface area contributed by atoms with Crippen molar-refractivity contribution in [2.45, 2.75) is 6.92 Å². The fraction of sp³-hybridized carbons (Fsp3) is 0.222. The number of carbonyl (C=O) groups is 1. The SMILES string of the molecule is CCOC(=O)c1c(F)ccc(Cl)c1I. The van der Waals surface area contributed by atoms with Crippen LogP contribution in [0, 0.1) is 9.39 Å². The summed E-state index contributed by atoms with van der Waals surface area (Å²) in [5, 5.41) is 0.343. The lowest BCUT2D eigenvalue weighted by Crippen LogP contribution is -2.09. The van der Waals surface area contributed by atoms with Crippen LogP contribution in [0.25, 0.3) is 0 Å². The molecule has 1 aromatic rings. The molecule has 76 valence electrons. The summed E-state index contributed by atoms with van der Waals surface area (Å²) in [6, 6.07) is 2.55. The van der Waals surface area contributed by atoms with Gasteiger partial charge in [-0.25, -0.2) is 9.18 Å². The zero-order valence-electron chi connectivity index (χ0n) is 7.31.